The van der Waals surface area contributed by atoms with Gasteiger partial charge in [-0.2, -0.15) is 0 Å². The monoisotopic (exact) mass is 395 g/mol. The van der Waals surface area contributed by atoms with E-state index in [0.717, 1.165) is 62.6 Å². The van der Waals surface area contributed by atoms with Gasteiger partial charge in [0.25, 0.3) is 0 Å². The SMILES string of the molecule is CC1C=CCC(C)C1C1=CCC(C(=O)N(C2CC2)C2CCC(N)=C(C=N)C2)CC1. The number of amides is 1. The molecule has 158 valence electrons. The molecule has 4 aliphatic rings. The van der Waals surface area contributed by atoms with E-state index in [-0.39, 0.29) is 12.0 Å². The first-order valence-corrected chi connectivity index (χ1v) is 11.6. The number of nitrogens with zero attached hydrogens (tertiary/aromatic N) is 1. The summed E-state index contributed by atoms with van der Waals surface area (Å²) >= 11 is 0. The molecule has 0 aromatic carbocycles. The Morgan fingerprint density at radius 3 is 2.55 bits per heavy atom. The van der Waals surface area contributed by atoms with Gasteiger partial charge in [0.05, 0.1) is 0 Å². The molecule has 0 heterocycles. The summed E-state index contributed by atoms with van der Waals surface area (Å²) < 4.78 is 0. The topological polar surface area (TPSA) is 70.2 Å². The highest BCUT2D eigenvalue weighted by Crippen LogP contribution is 2.42. The van der Waals surface area contributed by atoms with Crippen LogP contribution in [0, 0.1) is 29.1 Å². The van der Waals surface area contributed by atoms with Crippen LogP contribution in [0.1, 0.15) is 71.6 Å². The number of hydrogen-bond acceptors (Lipinski definition) is 3. The first-order valence-electron chi connectivity index (χ1n) is 11.6. The minimum Gasteiger partial charge on any atom is -0.402 e. The Hall–Kier alpha value is -1.84. The van der Waals surface area contributed by atoms with Gasteiger partial charge in [0, 0.05) is 29.9 Å². The number of carbonyl (C=O) groups excluding carboxylic acids is 1. The van der Waals surface area contributed by atoms with Crippen molar-refractivity contribution in [3.05, 3.63) is 35.1 Å². The second kappa shape index (κ2) is 8.49. The molecule has 1 saturated carbocycles. The molecule has 5 unspecified atom stereocenters. The van der Waals surface area contributed by atoms with Gasteiger partial charge in [-0.25, -0.2) is 0 Å². The van der Waals surface area contributed by atoms with Gasteiger partial charge in [0.2, 0.25) is 5.91 Å². The van der Waals surface area contributed by atoms with Crippen LogP contribution in [0.4, 0.5) is 0 Å². The molecular weight excluding hydrogens is 358 g/mol. The van der Waals surface area contributed by atoms with Crippen LogP contribution in [-0.2, 0) is 4.79 Å². The third-order valence-electron chi connectivity index (χ3n) is 7.73. The fourth-order valence-electron chi connectivity index (χ4n) is 5.96. The van der Waals surface area contributed by atoms with Crippen LogP contribution < -0.4 is 5.73 Å². The van der Waals surface area contributed by atoms with Crippen molar-refractivity contribution in [1.82, 2.24) is 4.90 Å². The third kappa shape index (κ3) is 4.22. The number of rotatable bonds is 5. The maximum atomic E-state index is 13.5. The molecule has 0 bridgehead atoms. The van der Waals surface area contributed by atoms with Crippen molar-refractivity contribution < 1.29 is 4.79 Å². The van der Waals surface area contributed by atoms with Gasteiger partial charge in [-0.05, 0) is 81.1 Å². The van der Waals surface area contributed by atoms with E-state index in [1.54, 1.807) is 5.57 Å². The predicted octanol–water partition coefficient (Wildman–Crippen LogP) is 4.97. The van der Waals surface area contributed by atoms with Crippen molar-refractivity contribution in [2.75, 3.05) is 0 Å². The Bertz CT molecular complexity index is 745. The zero-order valence-corrected chi connectivity index (χ0v) is 18.1. The van der Waals surface area contributed by atoms with E-state index < -0.39 is 0 Å². The van der Waals surface area contributed by atoms with Gasteiger partial charge < -0.3 is 16.0 Å². The van der Waals surface area contributed by atoms with Crippen molar-refractivity contribution in [2.45, 2.75) is 83.7 Å². The Labute approximate surface area is 175 Å². The van der Waals surface area contributed by atoms with Gasteiger partial charge in [0.15, 0.2) is 0 Å². The smallest absolute Gasteiger partial charge is 0.226 e. The highest BCUT2D eigenvalue weighted by Gasteiger charge is 2.41. The first kappa shape index (κ1) is 20.4. The molecule has 0 aromatic heterocycles. The van der Waals surface area contributed by atoms with E-state index >= 15 is 0 Å². The summed E-state index contributed by atoms with van der Waals surface area (Å²) in [4.78, 5) is 15.8. The van der Waals surface area contributed by atoms with Gasteiger partial charge in [-0.1, -0.05) is 37.6 Å². The predicted molar refractivity (Wildman–Crippen MR) is 119 cm³/mol. The molecule has 0 saturated heterocycles. The highest BCUT2D eigenvalue weighted by molar-refractivity contribution is 5.81. The Morgan fingerprint density at radius 1 is 1.14 bits per heavy atom. The van der Waals surface area contributed by atoms with Crippen molar-refractivity contribution in [1.29, 1.82) is 5.41 Å². The Morgan fingerprint density at radius 2 is 1.93 bits per heavy atom. The van der Waals surface area contributed by atoms with E-state index in [1.165, 1.54) is 12.6 Å². The fourth-order valence-corrected chi connectivity index (χ4v) is 5.96. The van der Waals surface area contributed by atoms with Crippen LogP contribution in [0.5, 0.6) is 0 Å². The lowest BCUT2D eigenvalue weighted by Gasteiger charge is -2.39. The number of allylic oxidation sites excluding steroid dienone is 5. The minimum absolute atomic E-state index is 0.135. The van der Waals surface area contributed by atoms with E-state index in [4.69, 9.17) is 11.1 Å². The molecule has 1 amide bonds. The van der Waals surface area contributed by atoms with E-state index in [0.29, 0.717) is 29.7 Å². The molecule has 29 heavy (non-hydrogen) atoms. The summed E-state index contributed by atoms with van der Waals surface area (Å²) in [6.07, 6.45) is 17.5. The van der Waals surface area contributed by atoms with Crippen molar-refractivity contribution in [3.63, 3.8) is 0 Å². The molecule has 0 spiro atoms. The first-order chi connectivity index (χ1) is 14.0. The number of carbonyl (C=O) groups is 1. The van der Waals surface area contributed by atoms with E-state index in [9.17, 15) is 4.79 Å². The molecule has 4 nitrogen and oxygen atoms in total. The largest absolute Gasteiger partial charge is 0.402 e. The zero-order chi connectivity index (χ0) is 20.5. The number of hydrogen-bond donors (Lipinski definition) is 2. The van der Waals surface area contributed by atoms with Crippen LogP contribution >= 0.6 is 0 Å². The van der Waals surface area contributed by atoms with Crippen LogP contribution in [-0.4, -0.2) is 29.1 Å². The van der Waals surface area contributed by atoms with Crippen LogP contribution in [0.2, 0.25) is 0 Å². The summed E-state index contributed by atoms with van der Waals surface area (Å²) in [6.45, 7) is 4.72. The van der Waals surface area contributed by atoms with Crippen molar-refractivity contribution >= 4 is 12.1 Å². The Kier molecular flexibility index (Phi) is 5.98. The molecular formula is C25H37N3O. The van der Waals surface area contributed by atoms with Crippen LogP contribution in [0.3, 0.4) is 0 Å². The molecule has 1 fully saturated rings. The van der Waals surface area contributed by atoms with E-state index in [2.05, 4.69) is 37.0 Å². The average molecular weight is 396 g/mol. The lowest BCUT2D eigenvalue weighted by atomic mass is 9.70. The third-order valence-corrected chi connectivity index (χ3v) is 7.73. The number of nitrogens with one attached hydrogen (secondary N) is 1. The Balaban J connectivity index is 1.44. The summed E-state index contributed by atoms with van der Waals surface area (Å²) in [7, 11) is 0. The second-order valence-corrected chi connectivity index (χ2v) is 9.84. The van der Waals surface area contributed by atoms with Crippen LogP contribution in [0.15, 0.2) is 35.1 Å². The quantitative estimate of drug-likeness (QED) is 0.510. The van der Waals surface area contributed by atoms with Gasteiger partial charge in [0.1, 0.15) is 0 Å². The summed E-state index contributed by atoms with van der Waals surface area (Å²) in [5.41, 5.74) is 9.45. The van der Waals surface area contributed by atoms with Gasteiger partial charge >= 0.3 is 0 Å². The molecule has 4 aliphatic carbocycles. The zero-order valence-electron chi connectivity index (χ0n) is 18.1. The standard InChI is InChI=1S/C25H37N3O/c1-16-4-3-5-17(2)24(16)18-6-8-19(9-7-18)25(29)28(21-10-11-21)22-12-13-23(27)20(14-22)15-26/h3-4,6,15-17,19,21-22,24,26H,5,7-14,27H2,1-2H3. The maximum absolute atomic E-state index is 13.5. The summed E-state index contributed by atoms with van der Waals surface area (Å²) in [5, 5.41) is 7.66. The fraction of sp³-hybridized carbons (Fsp3) is 0.680. The molecule has 5 atom stereocenters. The average Bonchev–Trinajstić information content (AvgIpc) is 3.55. The molecule has 3 N–H and O–H groups in total. The lowest BCUT2D eigenvalue weighted by Crippen LogP contribution is -2.47. The van der Waals surface area contributed by atoms with E-state index in [1.807, 2.05) is 0 Å². The van der Waals surface area contributed by atoms with Crippen LogP contribution in [0.25, 0.3) is 0 Å². The highest BCUT2D eigenvalue weighted by atomic mass is 16.2. The molecule has 0 aromatic rings. The molecule has 0 radical (unpaired) electrons. The van der Waals surface area contributed by atoms with Crippen molar-refractivity contribution in [3.8, 4) is 0 Å². The molecule has 4 heteroatoms. The number of nitrogens with two attached hydrogens (primary N) is 1. The minimum atomic E-state index is 0.135. The van der Waals surface area contributed by atoms with Crippen molar-refractivity contribution in [2.24, 2.45) is 29.4 Å². The van der Waals surface area contributed by atoms with Gasteiger partial charge in [-0.3, -0.25) is 4.79 Å². The summed E-state index contributed by atoms with van der Waals surface area (Å²) in [5.74, 6) is 2.46. The summed E-state index contributed by atoms with van der Waals surface area (Å²) in [6, 6.07) is 0.653. The van der Waals surface area contributed by atoms with Gasteiger partial charge in [-0.15, -0.1) is 0 Å². The maximum Gasteiger partial charge on any atom is 0.226 e. The molecule has 4 rings (SSSR count). The second-order valence-electron chi connectivity index (χ2n) is 9.84. The normalized spacial score (nSPS) is 35.2. The molecule has 0 aliphatic heterocycles. The lowest BCUT2D eigenvalue weighted by molar-refractivity contribution is -0.139.